The molecule has 0 aliphatic heterocycles. The minimum absolute atomic E-state index is 0. The fourth-order valence-electron chi connectivity index (χ4n) is 5.08. The van der Waals surface area contributed by atoms with Gasteiger partial charge in [-0.05, 0) is 35.7 Å². The number of nitrogens with zero attached hydrogens (tertiary/aromatic N) is 3. The summed E-state index contributed by atoms with van der Waals surface area (Å²) in [6.45, 7) is 0. The minimum atomic E-state index is 0. The van der Waals surface area contributed by atoms with Gasteiger partial charge >= 0.3 is 21.1 Å². The Kier molecular flexibility index (Phi) is 7.23. The maximum atomic E-state index is 5.15. The van der Waals surface area contributed by atoms with Gasteiger partial charge in [0.25, 0.3) is 0 Å². The Morgan fingerprint density at radius 3 is 1.45 bits per heavy atom. The van der Waals surface area contributed by atoms with Gasteiger partial charge in [0.15, 0.2) is 0 Å². The molecule has 5 aromatic carbocycles. The zero-order valence-corrected chi connectivity index (χ0v) is 23.7. The molecule has 0 fully saturated rings. The van der Waals surface area contributed by atoms with E-state index in [-0.39, 0.29) is 21.1 Å². The number of fused-ring (bicyclic) bond motifs is 2. The van der Waals surface area contributed by atoms with Gasteiger partial charge in [-0.15, -0.1) is 58.3 Å². The molecule has 4 heteroatoms. The average molecular weight is 693 g/mol. The average Bonchev–Trinajstić information content (AvgIpc) is 3.01. The number of anilines is 3. The summed E-state index contributed by atoms with van der Waals surface area (Å²) in [5, 5.41) is 4.59. The molecule has 2 heterocycles. The van der Waals surface area contributed by atoms with Crippen LogP contribution in [0.4, 0.5) is 17.3 Å². The third-order valence-electron chi connectivity index (χ3n) is 6.90. The van der Waals surface area contributed by atoms with E-state index < -0.39 is 0 Å². The first-order chi connectivity index (χ1) is 19.3. The maximum Gasteiger partial charge on any atom is 2.00 e. The van der Waals surface area contributed by atoms with Crippen LogP contribution >= 0.6 is 0 Å². The Morgan fingerprint density at radius 1 is 0.450 bits per heavy atom. The third-order valence-corrected chi connectivity index (χ3v) is 6.90. The van der Waals surface area contributed by atoms with Crippen molar-refractivity contribution in [3.05, 3.63) is 152 Å². The molecule has 0 amide bonds. The van der Waals surface area contributed by atoms with Gasteiger partial charge in [-0.25, -0.2) is 0 Å². The van der Waals surface area contributed by atoms with Crippen LogP contribution in [0.1, 0.15) is 0 Å². The first kappa shape index (κ1) is 25.7. The second-order valence-electron chi connectivity index (χ2n) is 9.31. The summed E-state index contributed by atoms with van der Waals surface area (Å²) in [5.41, 5.74) is 4.67. The second-order valence-corrected chi connectivity index (χ2v) is 9.31. The van der Waals surface area contributed by atoms with Crippen LogP contribution in [0.5, 0.6) is 0 Å². The predicted octanol–water partition coefficient (Wildman–Crippen LogP) is 9.18. The number of aromatic nitrogens is 2. The fourth-order valence-corrected chi connectivity index (χ4v) is 5.08. The Bertz CT molecular complexity index is 1800. The van der Waals surface area contributed by atoms with Crippen LogP contribution in [0.15, 0.2) is 140 Å². The molecule has 7 rings (SSSR count). The molecule has 0 spiro atoms. The number of rotatable bonds is 5. The Labute approximate surface area is 248 Å². The third kappa shape index (κ3) is 4.81. The van der Waals surface area contributed by atoms with Gasteiger partial charge in [-0.3, -0.25) is 14.9 Å². The molecule has 0 saturated heterocycles. The van der Waals surface area contributed by atoms with Crippen LogP contribution in [-0.2, 0) is 21.1 Å². The van der Waals surface area contributed by atoms with E-state index in [1.807, 2.05) is 66.7 Å². The molecule has 192 valence electrons. The van der Waals surface area contributed by atoms with Gasteiger partial charge in [0.1, 0.15) is 11.6 Å². The normalized spacial score (nSPS) is 10.8. The van der Waals surface area contributed by atoms with Crippen LogP contribution < -0.4 is 4.90 Å². The second kappa shape index (κ2) is 11.3. The minimum Gasteiger partial charge on any atom is -0.280 e. The van der Waals surface area contributed by atoms with E-state index in [9.17, 15) is 0 Å². The molecule has 0 atom stereocenters. The summed E-state index contributed by atoms with van der Waals surface area (Å²) >= 11 is 0. The predicted molar refractivity (Wildman–Crippen MR) is 160 cm³/mol. The van der Waals surface area contributed by atoms with Crippen LogP contribution in [0, 0.1) is 12.1 Å². The SMILES string of the molecule is [Pt+2].[c-]1ccc2ccccc2c1-c1cccc(N(c2ccccc2)c2cccc(-c3[c-]ccc4ccccc34)n2)n1. The zero-order valence-electron chi connectivity index (χ0n) is 21.4. The van der Waals surface area contributed by atoms with Crippen LogP contribution in [0.25, 0.3) is 44.1 Å². The molecule has 0 N–H and O–H groups in total. The molecule has 40 heavy (non-hydrogen) atoms. The molecular weight excluding hydrogens is 669 g/mol. The molecular formula is C36H23N3Pt. The quantitative estimate of drug-likeness (QED) is 0.169. The first-order valence-electron chi connectivity index (χ1n) is 12.9. The topological polar surface area (TPSA) is 29.0 Å². The summed E-state index contributed by atoms with van der Waals surface area (Å²) in [6, 6.07) is 54.1. The molecule has 0 aliphatic carbocycles. The van der Waals surface area contributed by atoms with Crippen molar-refractivity contribution in [1.82, 2.24) is 9.97 Å². The van der Waals surface area contributed by atoms with Crippen molar-refractivity contribution < 1.29 is 21.1 Å². The molecule has 3 nitrogen and oxygen atoms in total. The zero-order chi connectivity index (χ0) is 26.0. The summed E-state index contributed by atoms with van der Waals surface area (Å²) in [7, 11) is 0. The largest absolute Gasteiger partial charge is 2.00 e. The van der Waals surface area contributed by atoms with E-state index in [4.69, 9.17) is 9.97 Å². The molecule has 0 saturated carbocycles. The van der Waals surface area contributed by atoms with Crippen molar-refractivity contribution >= 4 is 38.9 Å². The van der Waals surface area contributed by atoms with Crippen molar-refractivity contribution in [3.63, 3.8) is 0 Å². The molecule has 0 radical (unpaired) electrons. The smallest absolute Gasteiger partial charge is 0.280 e. The summed E-state index contributed by atoms with van der Waals surface area (Å²) in [6.07, 6.45) is 0. The van der Waals surface area contributed by atoms with E-state index in [1.165, 1.54) is 10.8 Å². The number of para-hydroxylation sites is 1. The van der Waals surface area contributed by atoms with Gasteiger partial charge in [-0.1, -0.05) is 102 Å². The fraction of sp³-hybridized carbons (Fsp3) is 0. The van der Waals surface area contributed by atoms with Gasteiger partial charge < -0.3 is 0 Å². The van der Waals surface area contributed by atoms with E-state index in [2.05, 4.69) is 89.8 Å². The Hall–Kier alpha value is -4.59. The van der Waals surface area contributed by atoms with Gasteiger partial charge in [0, 0.05) is 5.69 Å². The molecule has 0 bridgehead atoms. The summed E-state index contributed by atoms with van der Waals surface area (Å²) in [5.74, 6) is 1.57. The Morgan fingerprint density at radius 2 is 0.925 bits per heavy atom. The van der Waals surface area contributed by atoms with Crippen molar-refractivity contribution in [3.8, 4) is 22.5 Å². The number of benzene rings is 5. The van der Waals surface area contributed by atoms with Crippen molar-refractivity contribution in [1.29, 1.82) is 0 Å². The van der Waals surface area contributed by atoms with E-state index in [0.29, 0.717) is 0 Å². The first-order valence-corrected chi connectivity index (χ1v) is 12.9. The van der Waals surface area contributed by atoms with E-state index >= 15 is 0 Å². The van der Waals surface area contributed by atoms with Gasteiger partial charge in [0.2, 0.25) is 0 Å². The molecule has 0 aliphatic rings. The monoisotopic (exact) mass is 692 g/mol. The molecule has 7 aromatic rings. The van der Waals surface area contributed by atoms with Crippen LogP contribution in [0.2, 0.25) is 0 Å². The van der Waals surface area contributed by atoms with Crippen LogP contribution in [0.3, 0.4) is 0 Å². The maximum absolute atomic E-state index is 5.15. The van der Waals surface area contributed by atoms with E-state index in [0.717, 1.165) is 50.6 Å². The van der Waals surface area contributed by atoms with Crippen molar-refractivity contribution in [2.45, 2.75) is 0 Å². The number of pyridine rings is 2. The molecule has 0 unspecified atom stereocenters. The molecule has 2 aromatic heterocycles. The number of hydrogen-bond acceptors (Lipinski definition) is 3. The van der Waals surface area contributed by atoms with Crippen LogP contribution in [-0.4, -0.2) is 9.97 Å². The summed E-state index contributed by atoms with van der Waals surface area (Å²) < 4.78 is 0. The number of hydrogen-bond donors (Lipinski definition) is 0. The van der Waals surface area contributed by atoms with Gasteiger partial charge in [-0.2, -0.15) is 0 Å². The summed E-state index contributed by atoms with van der Waals surface area (Å²) in [4.78, 5) is 12.4. The Balaban J connectivity index is 0.00000289. The van der Waals surface area contributed by atoms with Gasteiger partial charge in [0.05, 0.1) is 0 Å². The van der Waals surface area contributed by atoms with Crippen molar-refractivity contribution in [2.75, 3.05) is 4.90 Å². The van der Waals surface area contributed by atoms with Crippen molar-refractivity contribution in [2.24, 2.45) is 0 Å². The standard InChI is InChI=1S/C36H23N3.Pt/c1-2-16-28(17-3-1)39(35-24-10-22-33(37-35)31-20-8-14-26-12-4-6-18-29(26)31)36-25-11-23-34(38-36)32-21-9-15-27-13-5-7-19-30(27)32;/h1-19,22-25H;/q-2;+2. The van der Waals surface area contributed by atoms with E-state index in [1.54, 1.807) is 0 Å².